The average molecular weight is 287 g/mol. The highest BCUT2D eigenvalue weighted by Gasteiger charge is 2.25. The predicted octanol–water partition coefficient (Wildman–Crippen LogP) is 2.02. The first-order valence-corrected chi connectivity index (χ1v) is 7.77. The van der Waals surface area contributed by atoms with Crippen molar-refractivity contribution in [3.8, 4) is 0 Å². The second-order valence-electron chi connectivity index (χ2n) is 4.73. The van der Waals surface area contributed by atoms with Gasteiger partial charge < -0.3 is 4.74 Å². The van der Waals surface area contributed by atoms with Gasteiger partial charge in [0.2, 0.25) is 10.0 Å². The quantitative estimate of drug-likeness (QED) is 0.851. The normalized spacial score (nSPS) is 20.7. The van der Waals surface area contributed by atoms with E-state index in [-0.39, 0.29) is 11.0 Å². The summed E-state index contributed by atoms with van der Waals surface area (Å²) in [5.74, 6) is -0.552. The molecule has 1 unspecified atom stereocenters. The molecule has 0 aromatic heterocycles. The zero-order valence-corrected chi connectivity index (χ0v) is 11.7. The molecule has 106 valence electrons. The Balaban J connectivity index is 2.10. The molecular weight excluding hydrogens is 269 g/mol. The number of rotatable bonds is 4. The Morgan fingerprint density at radius 1 is 1.42 bits per heavy atom. The Bertz CT molecular complexity index is 526. The summed E-state index contributed by atoms with van der Waals surface area (Å²) in [6.07, 6.45) is 2.88. The van der Waals surface area contributed by atoms with Crippen LogP contribution in [0.1, 0.15) is 19.3 Å². The molecule has 1 saturated heterocycles. The zero-order chi connectivity index (χ0) is 13.9. The summed E-state index contributed by atoms with van der Waals surface area (Å²) in [5, 5.41) is 0. The number of benzene rings is 1. The van der Waals surface area contributed by atoms with Crippen LogP contribution in [0.15, 0.2) is 29.2 Å². The Morgan fingerprint density at radius 2 is 2.21 bits per heavy atom. The molecule has 0 bridgehead atoms. The highest BCUT2D eigenvalue weighted by atomic mass is 32.2. The minimum absolute atomic E-state index is 0.0224. The fraction of sp³-hybridized carbons (Fsp3) is 0.538. The first kappa shape index (κ1) is 14.4. The molecule has 0 amide bonds. The molecule has 4 nitrogen and oxygen atoms in total. The summed E-state index contributed by atoms with van der Waals surface area (Å²) in [6.45, 7) is 0.983. The van der Waals surface area contributed by atoms with E-state index in [1.165, 1.54) is 29.6 Å². The fourth-order valence-corrected chi connectivity index (χ4v) is 3.38. The molecule has 0 radical (unpaired) electrons. The molecule has 0 saturated carbocycles. The maximum atomic E-state index is 13.1. The number of likely N-dealkylation sites (N-methyl/N-ethyl adjacent to an activating group) is 1. The average Bonchev–Trinajstić information content (AvgIpc) is 2.40. The van der Waals surface area contributed by atoms with Crippen molar-refractivity contribution in [2.75, 3.05) is 20.2 Å². The van der Waals surface area contributed by atoms with Gasteiger partial charge in [0, 0.05) is 20.2 Å². The van der Waals surface area contributed by atoms with Crippen LogP contribution >= 0.6 is 0 Å². The Hall–Kier alpha value is -0.980. The minimum atomic E-state index is -3.65. The van der Waals surface area contributed by atoms with Crippen LogP contribution in [0.3, 0.4) is 0 Å². The maximum absolute atomic E-state index is 13.1. The lowest BCUT2D eigenvalue weighted by molar-refractivity contribution is 0.00858. The molecule has 2 rings (SSSR count). The summed E-state index contributed by atoms with van der Waals surface area (Å²) in [5.41, 5.74) is 0. The number of ether oxygens (including phenoxy) is 1. The Kier molecular flexibility index (Phi) is 4.54. The summed E-state index contributed by atoms with van der Waals surface area (Å²) in [6, 6.07) is 5.06. The molecule has 1 aromatic carbocycles. The lowest BCUT2D eigenvalue weighted by Gasteiger charge is -2.27. The highest BCUT2D eigenvalue weighted by molar-refractivity contribution is 7.89. The molecular formula is C13H18FNO3S. The van der Waals surface area contributed by atoms with Gasteiger partial charge in [0.1, 0.15) is 5.82 Å². The maximum Gasteiger partial charge on any atom is 0.243 e. The van der Waals surface area contributed by atoms with Crippen LogP contribution in [0.2, 0.25) is 0 Å². The van der Waals surface area contributed by atoms with Gasteiger partial charge in [-0.15, -0.1) is 0 Å². The van der Waals surface area contributed by atoms with Crippen molar-refractivity contribution < 1.29 is 17.5 Å². The van der Waals surface area contributed by atoms with Gasteiger partial charge in [-0.3, -0.25) is 0 Å². The molecule has 1 heterocycles. The zero-order valence-electron chi connectivity index (χ0n) is 10.9. The first-order valence-electron chi connectivity index (χ1n) is 6.33. The van der Waals surface area contributed by atoms with Gasteiger partial charge in [-0.1, -0.05) is 6.07 Å². The van der Waals surface area contributed by atoms with Crippen molar-refractivity contribution in [2.45, 2.75) is 30.3 Å². The predicted molar refractivity (Wildman–Crippen MR) is 69.8 cm³/mol. The van der Waals surface area contributed by atoms with Gasteiger partial charge in [0.05, 0.1) is 11.0 Å². The second kappa shape index (κ2) is 5.98. The van der Waals surface area contributed by atoms with Gasteiger partial charge >= 0.3 is 0 Å². The standard InChI is InChI=1S/C13H18FNO3S/c1-15(10-12-6-2-3-8-18-12)19(16,17)13-7-4-5-11(14)9-13/h4-5,7,9,12H,2-3,6,8,10H2,1H3. The van der Waals surface area contributed by atoms with Gasteiger partial charge in [0.15, 0.2) is 0 Å². The molecule has 1 aromatic rings. The molecule has 1 aliphatic heterocycles. The van der Waals surface area contributed by atoms with Crippen molar-refractivity contribution in [3.63, 3.8) is 0 Å². The van der Waals surface area contributed by atoms with Crippen molar-refractivity contribution in [1.82, 2.24) is 4.31 Å². The summed E-state index contributed by atoms with van der Waals surface area (Å²) < 4.78 is 44.4. The van der Waals surface area contributed by atoms with Gasteiger partial charge in [-0.2, -0.15) is 4.31 Å². The largest absolute Gasteiger partial charge is 0.377 e. The Morgan fingerprint density at radius 3 is 2.84 bits per heavy atom. The van der Waals surface area contributed by atoms with Gasteiger partial charge in [-0.25, -0.2) is 12.8 Å². The number of sulfonamides is 1. The minimum Gasteiger partial charge on any atom is -0.377 e. The summed E-state index contributed by atoms with van der Waals surface area (Å²) >= 11 is 0. The number of halogens is 1. The summed E-state index contributed by atoms with van der Waals surface area (Å²) in [7, 11) is -2.15. The number of hydrogen-bond acceptors (Lipinski definition) is 3. The van der Waals surface area contributed by atoms with Gasteiger partial charge in [0.25, 0.3) is 0 Å². The van der Waals surface area contributed by atoms with Crippen LogP contribution in [0, 0.1) is 5.82 Å². The smallest absolute Gasteiger partial charge is 0.243 e. The number of nitrogens with zero attached hydrogens (tertiary/aromatic N) is 1. The van der Waals surface area contributed by atoms with E-state index in [2.05, 4.69) is 0 Å². The van der Waals surface area contributed by atoms with E-state index in [1.54, 1.807) is 0 Å². The van der Waals surface area contributed by atoms with Crippen LogP contribution in [-0.4, -0.2) is 39.0 Å². The van der Waals surface area contributed by atoms with Crippen molar-refractivity contribution in [2.24, 2.45) is 0 Å². The van der Waals surface area contributed by atoms with Crippen molar-refractivity contribution in [3.05, 3.63) is 30.1 Å². The summed E-state index contributed by atoms with van der Waals surface area (Å²) in [4.78, 5) is -0.0224. The van der Waals surface area contributed by atoms with E-state index in [0.29, 0.717) is 13.2 Å². The molecule has 1 aliphatic rings. The van der Waals surface area contributed by atoms with Crippen LogP contribution in [0.25, 0.3) is 0 Å². The fourth-order valence-electron chi connectivity index (χ4n) is 2.14. The molecule has 1 fully saturated rings. The van der Waals surface area contributed by atoms with Crippen LogP contribution in [-0.2, 0) is 14.8 Å². The van der Waals surface area contributed by atoms with E-state index in [9.17, 15) is 12.8 Å². The monoisotopic (exact) mass is 287 g/mol. The lowest BCUT2D eigenvalue weighted by Crippen LogP contribution is -2.37. The highest BCUT2D eigenvalue weighted by Crippen LogP contribution is 2.19. The molecule has 6 heteroatoms. The molecule has 19 heavy (non-hydrogen) atoms. The third kappa shape index (κ3) is 3.52. The molecule has 0 aliphatic carbocycles. The molecule has 1 atom stereocenters. The number of hydrogen-bond donors (Lipinski definition) is 0. The molecule has 0 spiro atoms. The van der Waals surface area contributed by atoms with E-state index in [4.69, 9.17) is 4.74 Å². The third-order valence-corrected chi connectivity index (χ3v) is 5.06. The van der Waals surface area contributed by atoms with Gasteiger partial charge in [-0.05, 0) is 37.5 Å². The van der Waals surface area contributed by atoms with E-state index in [1.807, 2.05) is 0 Å². The van der Waals surface area contributed by atoms with E-state index >= 15 is 0 Å². The topological polar surface area (TPSA) is 46.6 Å². The second-order valence-corrected chi connectivity index (χ2v) is 6.78. The van der Waals surface area contributed by atoms with Crippen molar-refractivity contribution >= 4 is 10.0 Å². The van der Waals surface area contributed by atoms with Crippen LogP contribution < -0.4 is 0 Å². The first-order chi connectivity index (χ1) is 9.00. The molecule has 0 N–H and O–H groups in total. The van der Waals surface area contributed by atoms with E-state index in [0.717, 1.165) is 25.3 Å². The van der Waals surface area contributed by atoms with E-state index < -0.39 is 15.8 Å². The van der Waals surface area contributed by atoms with Crippen LogP contribution in [0.4, 0.5) is 4.39 Å². The lowest BCUT2D eigenvalue weighted by atomic mass is 10.1. The SMILES string of the molecule is CN(CC1CCCCO1)S(=O)(=O)c1cccc(F)c1. The van der Waals surface area contributed by atoms with Crippen molar-refractivity contribution in [1.29, 1.82) is 0 Å². The Labute approximate surface area is 113 Å². The third-order valence-electron chi connectivity index (χ3n) is 3.24. The van der Waals surface area contributed by atoms with Crippen LogP contribution in [0.5, 0.6) is 0 Å².